The minimum atomic E-state index is 0.169. The molecule has 0 bridgehead atoms. The van der Waals surface area contributed by atoms with Gasteiger partial charge < -0.3 is 10.1 Å². The number of hydrogen-bond acceptors (Lipinski definition) is 2. The van der Waals surface area contributed by atoms with Crippen molar-refractivity contribution in [1.29, 1.82) is 0 Å². The van der Waals surface area contributed by atoms with Crippen molar-refractivity contribution in [2.24, 2.45) is 11.8 Å². The van der Waals surface area contributed by atoms with Crippen LogP contribution in [0.25, 0.3) is 0 Å². The Morgan fingerprint density at radius 1 is 1.22 bits per heavy atom. The lowest BCUT2D eigenvalue weighted by atomic mass is 9.80. The number of rotatable bonds is 7. The van der Waals surface area contributed by atoms with Crippen LogP contribution >= 0.6 is 0 Å². The largest absolute Gasteiger partial charge is 0.496 e. The molecule has 0 aromatic heterocycles. The van der Waals surface area contributed by atoms with Crippen molar-refractivity contribution in [2.75, 3.05) is 12.4 Å². The molecule has 1 aliphatic carbocycles. The van der Waals surface area contributed by atoms with E-state index in [1.807, 2.05) is 12.1 Å². The van der Waals surface area contributed by atoms with Crippen LogP contribution in [0.2, 0.25) is 0 Å². The number of ether oxygens (including phenoxy) is 1. The molecule has 0 aliphatic heterocycles. The van der Waals surface area contributed by atoms with Gasteiger partial charge >= 0.3 is 0 Å². The number of anilines is 1. The number of nitrogens with one attached hydrogen (secondary N) is 1. The molecule has 0 heterocycles. The van der Waals surface area contributed by atoms with E-state index in [-0.39, 0.29) is 11.8 Å². The molecule has 0 unspecified atom stereocenters. The van der Waals surface area contributed by atoms with Gasteiger partial charge in [-0.1, -0.05) is 32.8 Å². The van der Waals surface area contributed by atoms with Crippen LogP contribution in [-0.4, -0.2) is 13.0 Å². The monoisotopic (exact) mass is 317 g/mol. The van der Waals surface area contributed by atoms with Crippen LogP contribution in [0.5, 0.6) is 5.75 Å². The van der Waals surface area contributed by atoms with Gasteiger partial charge in [-0.2, -0.15) is 0 Å². The number of hydrogen-bond donors (Lipinski definition) is 1. The Morgan fingerprint density at radius 2 is 1.96 bits per heavy atom. The Kier molecular flexibility index (Phi) is 6.94. The fraction of sp³-hybridized carbons (Fsp3) is 0.650. The number of carbonyl (C=O) groups excluding carboxylic acids is 1. The summed E-state index contributed by atoms with van der Waals surface area (Å²) in [6.07, 6.45) is 9.01. The summed E-state index contributed by atoms with van der Waals surface area (Å²) in [5, 5.41) is 3.08. The van der Waals surface area contributed by atoms with Gasteiger partial charge in [-0.05, 0) is 56.1 Å². The molecule has 128 valence electrons. The number of carbonyl (C=O) groups is 1. The zero-order chi connectivity index (χ0) is 16.7. The first-order valence-electron chi connectivity index (χ1n) is 9.15. The fourth-order valence-corrected chi connectivity index (χ4v) is 3.47. The molecule has 1 aliphatic rings. The van der Waals surface area contributed by atoms with E-state index in [1.54, 1.807) is 7.11 Å². The van der Waals surface area contributed by atoms with E-state index in [2.05, 4.69) is 25.2 Å². The summed E-state index contributed by atoms with van der Waals surface area (Å²) in [5.41, 5.74) is 2.07. The van der Waals surface area contributed by atoms with Crippen molar-refractivity contribution in [3.63, 3.8) is 0 Å². The van der Waals surface area contributed by atoms with Gasteiger partial charge in [-0.25, -0.2) is 0 Å². The number of aryl methyl sites for hydroxylation is 1. The molecule has 23 heavy (non-hydrogen) atoms. The van der Waals surface area contributed by atoms with Crippen LogP contribution in [0.1, 0.15) is 64.4 Å². The quantitative estimate of drug-likeness (QED) is 0.751. The molecule has 0 saturated heterocycles. The highest BCUT2D eigenvalue weighted by Gasteiger charge is 2.25. The second-order valence-electron chi connectivity index (χ2n) is 6.75. The molecule has 1 aromatic carbocycles. The Labute approximate surface area is 140 Å². The molecule has 3 nitrogen and oxygen atoms in total. The van der Waals surface area contributed by atoms with E-state index in [9.17, 15) is 4.79 Å². The third kappa shape index (κ3) is 4.98. The molecule has 1 amide bonds. The molecule has 1 saturated carbocycles. The second-order valence-corrected chi connectivity index (χ2v) is 6.75. The van der Waals surface area contributed by atoms with Crippen molar-refractivity contribution < 1.29 is 9.53 Å². The van der Waals surface area contributed by atoms with Crippen molar-refractivity contribution in [3.8, 4) is 5.75 Å². The number of methoxy groups -OCH3 is 1. The SMILES string of the molecule is CCCCc1ccc(NC(=O)C2CCC(CC)CC2)cc1OC. The minimum absolute atomic E-state index is 0.169. The van der Waals surface area contributed by atoms with Crippen molar-refractivity contribution in [1.82, 2.24) is 0 Å². The highest BCUT2D eigenvalue weighted by molar-refractivity contribution is 5.92. The third-order valence-electron chi connectivity index (χ3n) is 5.15. The van der Waals surface area contributed by atoms with Gasteiger partial charge in [0, 0.05) is 17.7 Å². The van der Waals surface area contributed by atoms with E-state index >= 15 is 0 Å². The molecule has 0 spiro atoms. The zero-order valence-electron chi connectivity index (χ0n) is 14.9. The number of amides is 1. The third-order valence-corrected chi connectivity index (χ3v) is 5.15. The Morgan fingerprint density at radius 3 is 2.57 bits per heavy atom. The summed E-state index contributed by atoms with van der Waals surface area (Å²) in [5.74, 6) is 2.04. The summed E-state index contributed by atoms with van der Waals surface area (Å²) < 4.78 is 5.49. The zero-order valence-corrected chi connectivity index (χ0v) is 14.9. The molecule has 0 radical (unpaired) electrons. The van der Waals surface area contributed by atoms with Crippen molar-refractivity contribution in [2.45, 2.75) is 65.2 Å². The van der Waals surface area contributed by atoms with Crippen LogP contribution in [0.3, 0.4) is 0 Å². The Bertz CT molecular complexity index is 504. The minimum Gasteiger partial charge on any atom is -0.496 e. The van der Waals surface area contributed by atoms with Gasteiger partial charge in [0.05, 0.1) is 7.11 Å². The molecular formula is C20H31NO2. The van der Waals surface area contributed by atoms with Crippen LogP contribution in [0.4, 0.5) is 5.69 Å². The van der Waals surface area contributed by atoms with E-state index in [1.165, 1.54) is 31.2 Å². The van der Waals surface area contributed by atoms with Crippen LogP contribution in [-0.2, 0) is 11.2 Å². The van der Waals surface area contributed by atoms with Gasteiger partial charge in [-0.15, -0.1) is 0 Å². The average molecular weight is 317 g/mol. The normalized spacial score (nSPS) is 21.0. The highest BCUT2D eigenvalue weighted by Crippen LogP contribution is 2.32. The van der Waals surface area contributed by atoms with Gasteiger partial charge in [0.1, 0.15) is 5.75 Å². The predicted octanol–water partition coefficient (Wildman–Crippen LogP) is 5.19. The van der Waals surface area contributed by atoms with Gasteiger partial charge in [0.15, 0.2) is 0 Å². The summed E-state index contributed by atoms with van der Waals surface area (Å²) in [4.78, 5) is 12.5. The molecular weight excluding hydrogens is 286 g/mol. The van der Waals surface area contributed by atoms with Crippen LogP contribution < -0.4 is 10.1 Å². The van der Waals surface area contributed by atoms with Crippen molar-refractivity contribution >= 4 is 11.6 Å². The number of unbranched alkanes of at least 4 members (excludes halogenated alkanes) is 1. The lowest BCUT2D eigenvalue weighted by molar-refractivity contribution is -0.121. The first-order valence-corrected chi connectivity index (χ1v) is 9.15. The molecule has 2 rings (SSSR count). The first-order chi connectivity index (χ1) is 11.2. The maximum absolute atomic E-state index is 12.5. The Hall–Kier alpha value is -1.51. The maximum atomic E-state index is 12.5. The van der Waals surface area contributed by atoms with Gasteiger partial charge in [0.2, 0.25) is 5.91 Å². The lowest BCUT2D eigenvalue weighted by Gasteiger charge is -2.27. The summed E-state index contributed by atoms with van der Waals surface area (Å²) in [6.45, 7) is 4.44. The summed E-state index contributed by atoms with van der Waals surface area (Å²) in [7, 11) is 1.70. The smallest absolute Gasteiger partial charge is 0.227 e. The van der Waals surface area contributed by atoms with Gasteiger partial charge in [-0.3, -0.25) is 4.79 Å². The van der Waals surface area contributed by atoms with E-state index in [0.717, 1.165) is 43.0 Å². The average Bonchev–Trinajstić information content (AvgIpc) is 2.60. The standard InChI is InChI=1S/C20H31NO2/c1-4-6-7-16-12-13-18(14-19(16)23-3)21-20(22)17-10-8-15(5-2)9-11-17/h12-15,17H,4-11H2,1-3H3,(H,21,22). The van der Waals surface area contributed by atoms with E-state index in [4.69, 9.17) is 4.74 Å². The van der Waals surface area contributed by atoms with Crippen LogP contribution in [0.15, 0.2) is 18.2 Å². The van der Waals surface area contributed by atoms with Crippen molar-refractivity contribution in [3.05, 3.63) is 23.8 Å². The van der Waals surface area contributed by atoms with E-state index in [0.29, 0.717) is 0 Å². The van der Waals surface area contributed by atoms with Gasteiger partial charge in [0.25, 0.3) is 0 Å². The molecule has 3 heteroatoms. The topological polar surface area (TPSA) is 38.3 Å². The summed E-state index contributed by atoms with van der Waals surface area (Å²) >= 11 is 0. The summed E-state index contributed by atoms with van der Waals surface area (Å²) in [6, 6.07) is 6.04. The lowest BCUT2D eigenvalue weighted by Crippen LogP contribution is -2.27. The Balaban J connectivity index is 1.95. The molecule has 1 fully saturated rings. The predicted molar refractivity (Wildman–Crippen MR) is 96.0 cm³/mol. The molecule has 1 aromatic rings. The second kappa shape index (κ2) is 8.95. The van der Waals surface area contributed by atoms with Crippen LogP contribution in [0, 0.1) is 11.8 Å². The fourth-order valence-electron chi connectivity index (χ4n) is 3.47. The molecule has 1 N–H and O–H groups in total. The number of benzene rings is 1. The highest BCUT2D eigenvalue weighted by atomic mass is 16.5. The maximum Gasteiger partial charge on any atom is 0.227 e. The molecule has 0 atom stereocenters. The van der Waals surface area contributed by atoms with E-state index < -0.39 is 0 Å². The first kappa shape index (κ1) is 17.8.